The van der Waals surface area contributed by atoms with E-state index in [0.717, 1.165) is 24.5 Å². The Kier molecular flexibility index (Phi) is 6.19. The zero-order chi connectivity index (χ0) is 16.2. The van der Waals surface area contributed by atoms with Crippen LogP contribution in [-0.2, 0) is 13.0 Å². The average molecular weight is 436 g/mol. The van der Waals surface area contributed by atoms with Crippen LogP contribution in [0.25, 0.3) is 0 Å². The fourth-order valence-corrected chi connectivity index (χ4v) is 2.82. The molecule has 5 nitrogen and oxygen atoms in total. The molecule has 126 valence electrons. The van der Waals surface area contributed by atoms with Gasteiger partial charge in [0, 0.05) is 31.4 Å². The predicted octanol–water partition coefficient (Wildman–Crippen LogP) is 2.54. The molecular formula is C18H21IN4O. The number of carbonyl (C=O) groups is 1. The molecule has 6 heteroatoms. The van der Waals surface area contributed by atoms with E-state index in [1.54, 1.807) is 19.2 Å². The molecule has 0 aromatic heterocycles. The molecule has 0 bridgehead atoms. The van der Waals surface area contributed by atoms with Crippen molar-refractivity contribution in [2.24, 2.45) is 10.7 Å². The van der Waals surface area contributed by atoms with E-state index in [4.69, 9.17) is 5.73 Å². The van der Waals surface area contributed by atoms with Crippen LogP contribution in [0.1, 0.15) is 21.5 Å². The summed E-state index contributed by atoms with van der Waals surface area (Å²) in [5.74, 6) is 0.447. The van der Waals surface area contributed by atoms with Gasteiger partial charge < -0.3 is 16.0 Å². The number of nitrogens with one attached hydrogen (secondary N) is 1. The fourth-order valence-electron chi connectivity index (χ4n) is 2.82. The monoisotopic (exact) mass is 436 g/mol. The molecule has 24 heavy (non-hydrogen) atoms. The van der Waals surface area contributed by atoms with Crippen molar-refractivity contribution in [3.8, 4) is 0 Å². The third kappa shape index (κ3) is 3.87. The second-order valence-electron chi connectivity index (χ2n) is 5.49. The van der Waals surface area contributed by atoms with E-state index < -0.39 is 5.91 Å². The van der Waals surface area contributed by atoms with Gasteiger partial charge in [-0.25, -0.2) is 0 Å². The van der Waals surface area contributed by atoms with Gasteiger partial charge in [-0.15, -0.1) is 24.0 Å². The van der Waals surface area contributed by atoms with Gasteiger partial charge in [0.25, 0.3) is 0 Å². The molecular weight excluding hydrogens is 415 g/mol. The van der Waals surface area contributed by atoms with Gasteiger partial charge in [0.05, 0.1) is 0 Å². The van der Waals surface area contributed by atoms with Crippen molar-refractivity contribution in [2.75, 3.05) is 18.5 Å². The first-order chi connectivity index (χ1) is 11.2. The van der Waals surface area contributed by atoms with Crippen molar-refractivity contribution in [2.45, 2.75) is 13.0 Å². The Hall–Kier alpha value is -2.09. The Morgan fingerprint density at radius 1 is 1.21 bits per heavy atom. The number of anilines is 1. The summed E-state index contributed by atoms with van der Waals surface area (Å²) >= 11 is 0. The van der Waals surface area contributed by atoms with E-state index in [0.29, 0.717) is 12.1 Å². The molecule has 3 N–H and O–H groups in total. The Labute approximate surface area is 159 Å². The lowest BCUT2D eigenvalue weighted by atomic mass is 10.1. The first kappa shape index (κ1) is 18.3. The summed E-state index contributed by atoms with van der Waals surface area (Å²) < 4.78 is 0. The lowest BCUT2D eigenvalue weighted by Gasteiger charge is -2.22. The topological polar surface area (TPSA) is 70.7 Å². The van der Waals surface area contributed by atoms with Crippen LogP contribution in [0, 0.1) is 0 Å². The number of aliphatic imine (C=N–C) groups is 1. The van der Waals surface area contributed by atoms with Crippen molar-refractivity contribution in [3.63, 3.8) is 0 Å². The molecule has 0 atom stereocenters. The molecule has 1 heterocycles. The van der Waals surface area contributed by atoms with Crippen LogP contribution in [0.2, 0.25) is 0 Å². The van der Waals surface area contributed by atoms with Gasteiger partial charge in [-0.05, 0) is 35.7 Å². The fraction of sp³-hybridized carbons (Fsp3) is 0.222. The zero-order valence-electron chi connectivity index (χ0n) is 13.5. The number of nitrogens with two attached hydrogens (primary N) is 1. The van der Waals surface area contributed by atoms with Crippen LogP contribution >= 0.6 is 24.0 Å². The van der Waals surface area contributed by atoms with Crippen LogP contribution in [0.4, 0.5) is 5.69 Å². The number of halogens is 1. The summed E-state index contributed by atoms with van der Waals surface area (Å²) in [6.45, 7) is 1.57. The number of fused-ring (bicyclic) bond motifs is 1. The molecule has 2 aromatic carbocycles. The standard InChI is InChI=1S/C18H20N4O.HI/c1-20-18(22-11-10-14-4-2-3-5-16(14)22)21-12-13-6-8-15(9-7-13)17(19)23;/h2-9H,10-12H2,1H3,(H2,19,23)(H,20,21);1H. The molecule has 0 unspecified atom stereocenters. The summed E-state index contributed by atoms with van der Waals surface area (Å²) in [6, 6.07) is 15.7. The number of rotatable bonds is 3. The quantitative estimate of drug-likeness (QED) is 0.442. The average Bonchev–Trinajstić information content (AvgIpc) is 3.00. The second-order valence-corrected chi connectivity index (χ2v) is 5.49. The molecule has 0 radical (unpaired) electrons. The first-order valence-corrected chi connectivity index (χ1v) is 7.64. The molecule has 0 aliphatic carbocycles. The Balaban J connectivity index is 0.00000208. The number of para-hydroxylation sites is 1. The molecule has 1 amide bonds. The summed E-state index contributed by atoms with van der Waals surface area (Å²) in [4.78, 5) is 17.7. The van der Waals surface area contributed by atoms with E-state index in [9.17, 15) is 4.79 Å². The van der Waals surface area contributed by atoms with E-state index >= 15 is 0 Å². The maximum atomic E-state index is 11.1. The Bertz CT molecular complexity index is 743. The molecule has 0 spiro atoms. The van der Waals surface area contributed by atoms with Crippen molar-refractivity contribution >= 4 is 41.5 Å². The van der Waals surface area contributed by atoms with Gasteiger partial charge in [-0.3, -0.25) is 9.79 Å². The van der Waals surface area contributed by atoms with E-state index in [1.807, 2.05) is 18.2 Å². The van der Waals surface area contributed by atoms with Crippen LogP contribution in [0.5, 0.6) is 0 Å². The number of nitrogens with zero attached hydrogens (tertiary/aromatic N) is 2. The summed E-state index contributed by atoms with van der Waals surface area (Å²) in [5.41, 5.74) is 9.41. The number of amides is 1. The second kappa shape index (κ2) is 8.14. The van der Waals surface area contributed by atoms with Gasteiger partial charge >= 0.3 is 0 Å². The Morgan fingerprint density at radius 2 is 1.92 bits per heavy atom. The maximum Gasteiger partial charge on any atom is 0.248 e. The summed E-state index contributed by atoms with van der Waals surface area (Å²) in [6.07, 6.45) is 1.03. The minimum absolute atomic E-state index is 0. The van der Waals surface area contributed by atoms with Crippen molar-refractivity contribution < 1.29 is 4.79 Å². The highest BCUT2D eigenvalue weighted by Gasteiger charge is 2.22. The van der Waals surface area contributed by atoms with Gasteiger partial charge in [-0.2, -0.15) is 0 Å². The van der Waals surface area contributed by atoms with Crippen molar-refractivity contribution in [1.82, 2.24) is 5.32 Å². The number of benzene rings is 2. The van der Waals surface area contributed by atoms with Crippen molar-refractivity contribution in [3.05, 3.63) is 65.2 Å². The minimum Gasteiger partial charge on any atom is -0.366 e. The molecule has 0 saturated heterocycles. The zero-order valence-corrected chi connectivity index (χ0v) is 15.9. The van der Waals surface area contributed by atoms with Crippen LogP contribution in [-0.4, -0.2) is 25.5 Å². The predicted molar refractivity (Wildman–Crippen MR) is 108 cm³/mol. The third-order valence-corrected chi connectivity index (χ3v) is 4.04. The Morgan fingerprint density at radius 3 is 2.58 bits per heavy atom. The van der Waals surface area contributed by atoms with Crippen molar-refractivity contribution in [1.29, 1.82) is 0 Å². The lowest BCUT2D eigenvalue weighted by Crippen LogP contribution is -2.40. The van der Waals surface area contributed by atoms with E-state index in [2.05, 4.69) is 33.4 Å². The van der Waals surface area contributed by atoms with Gasteiger partial charge in [0.1, 0.15) is 0 Å². The third-order valence-electron chi connectivity index (χ3n) is 4.04. The molecule has 1 aliphatic rings. The molecule has 3 rings (SSSR count). The smallest absolute Gasteiger partial charge is 0.248 e. The molecule has 2 aromatic rings. The van der Waals surface area contributed by atoms with Crippen LogP contribution < -0.4 is 16.0 Å². The van der Waals surface area contributed by atoms with Crippen LogP contribution in [0.15, 0.2) is 53.5 Å². The lowest BCUT2D eigenvalue weighted by molar-refractivity contribution is 0.100. The molecule has 0 fully saturated rings. The minimum atomic E-state index is -0.408. The summed E-state index contributed by atoms with van der Waals surface area (Å²) in [5, 5.41) is 3.38. The highest BCUT2D eigenvalue weighted by atomic mass is 127. The normalized spacial score (nSPS) is 13.2. The first-order valence-electron chi connectivity index (χ1n) is 7.64. The van der Waals surface area contributed by atoms with Crippen LogP contribution in [0.3, 0.4) is 0 Å². The number of hydrogen-bond donors (Lipinski definition) is 2. The number of guanidine groups is 1. The maximum absolute atomic E-state index is 11.1. The van der Waals surface area contributed by atoms with Gasteiger partial charge in [-0.1, -0.05) is 30.3 Å². The van der Waals surface area contributed by atoms with Gasteiger partial charge in [0.2, 0.25) is 5.91 Å². The largest absolute Gasteiger partial charge is 0.366 e. The summed E-state index contributed by atoms with van der Waals surface area (Å²) in [7, 11) is 1.79. The highest BCUT2D eigenvalue weighted by Crippen LogP contribution is 2.27. The number of carbonyl (C=O) groups excluding carboxylic acids is 1. The molecule has 0 saturated carbocycles. The van der Waals surface area contributed by atoms with E-state index in [1.165, 1.54) is 11.3 Å². The SMILES string of the molecule is CN=C(NCc1ccc(C(N)=O)cc1)N1CCc2ccccc21.I. The number of hydrogen-bond acceptors (Lipinski definition) is 2. The molecule has 1 aliphatic heterocycles. The number of primary amides is 1. The highest BCUT2D eigenvalue weighted by molar-refractivity contribution is 14.0. The van der Waals surface area contributed by atoms with Gasteiger partial charge in [0.15, 0.2) is 5.96 Å². The van der Waals surface area contributed by atoms with E-state index in [-0.39, 0.29) is 24.0 Å².